The third kappa shape index (κ3) is 3.82. The number of hydrogen-bond donors (Lipinski definition) is 2. The first-order chi connectivity index (χ1) is 14.6. The van der Waals surface area contributed by atoms with Crippen molar-refractivity contribution in [3.05, 3.63) is 111 Å². The van der Waals surface area contributed by atoms with Crippen LogP contribution in [-0.2, 0) is 4.79 Å². The summed E-state index contributed by atoms with van der Waals surface area (Å²) in [6.45, 7) is 1.68. The number of hydrogen-bond acceptors (Lipinski definition) is 3. The van der Waals surface area contributed by atoms with Crippen LogP contribution >= 0.6 is 12.2 Å². The minimum absolute atomic E-state index is 0.220. The number of rotatable bonds is 5. The van der Waals surface area contributed by atoms with Crippen LogP contribution in [0.3, 0.4) is 0 Å². The van der Waals surface area contributed by atoms with Gasteiger partial charge in [-0.25, -0.2) is 0 Å². The third-order valence-corrected chi connectivity index (χ3v) is 5.45. The van der Waals surface area contributed by atoms with E-state index in [-0.39, 0.29) is 22.3 Å². The molecule has 0 aliphatic carbocycles. The lowest BCUT2D eigenvalue weighted by molar-refractivity contribution is -0.124. The van der Waals surface area contributed by atoms with Gasteiger partial charge in [-0.05, 0) is 42.4 Å². The van der Waals surface area contributed by atoms with E-state index in [0.717, 1.165) is 11.1 Å². The summed E-state index contributed by atoms with van der Waals surface area (Å²) in [5, 5.41) is 3.59. The highest BCUT2D eigenvalue weighted by molar-refractivity contribution is 7.71. The molecule has 0 saturated carbocycles. The minimum Gasteiger partial charge on any atom is -0.343 e. The lowest BCUT2D eigenvalue weighted by Gasteiger charge is -2.23. The Bertz CT molecular complexity index is 1260. The molecular formula is C24H21N3O2S. The maximum atomic E-state index is 13.2. The second kappa shape index (κ2) is 8.47. The lowest BCUT2D eigenvalue weighted by atomic mass is 9.98. The standard InChI is InChI=1S/C24H21N3O2S/c1-16(27-23(29)19-14-8-9-15-20(19)25-24(27)30)22(28)26-21(17-10-4-2-5-11-17)18-12-6-3-7-13-18/h2-16,21H,1H3,(H,25,30)(H,26,28)/t16-/m1/s1. The van der Waals surface area contributed by atoms with Crippen molar-refractivity contribution in [3.8, 4) is 0 Å². The minimum atomic E-state index is -0.777. The molecule has 0 unspecified atom stereocenters. The number of aromatic nitrogens is 2. The van der Waals surface area contributed by atoms with E-state index in [1.54, 1.807) is 25.1 Å². The van der Waals surface area contributed by atoms with Gasteiger partial charge in [0.05, 0.1) is 16.9 Å². The molecule has 30 heavy (non-hydrogen) atoms. The molecule has 0 fully saturated rings. The second-order valence-electron chi connectivity index (χ2n) is 7.09. The highest BCUT2D eigenvalue weighted by atomic mass is 32.1. The molecule has 6 heteroatoms. The number of para-hydroxylation sites is 1. The van der Waals surface area contributed by atoms with Gasteiger partial charge in [-0.1, -0.05) is 72.8 Å². The fraction of sp³-hybridized carbons (Fsp3) is 0.125. The molecule has 5 nitrogen and oxygen atoms in total. The topological polar surface area (TPSA) is 66.9 Å². The Hall–Kier alpha value is -3.51. The van der Waals surface area contributed by atoms with Crippen LogP contribution in [0.4, 0.5) is 0 Å². The number of nitrogens with zero attached hydrogens (tertiary/aromatic N) is 1. The van der Waals surface area contributed by atoms with Gasteiger partial charge in [-0.2, -0.15) is 0 Å². The lowest BCUT2D eigenvalue weighted by Crippen LogP contribution is -2.38. The van der Waals surface area contributed by atoms with Gasteiger partial charge in [0.15, 0.2) is 4.77 Å². The molecule has 0 saturated heterocycles. The zero-order valence-electron chi connectivity index (χ0n) is 16.4. The van der Waals surface area contributed by atoms with Gasteiger partial charge in [0, 0.05) is 0 Å². The quantitative estimate of drug-likeness (QED) is 0.471. The number of amides is 1. The summed E-state index contributed by atoms with van der Waals surface area (Å²) in [7, 11) is 0. The molecule has 3 aromatic carbocycles. The summed E-state index contributed by atoms with van der Waals surface area (Å²) in [6, 6.07) is 25.5. The fourth-order valence-corrected chi connectivity index (χ4v) is 3.91. The highest BCUT2D eigenvalue weighted by Gasteiger charge is 2.23. The molecule has 2 N–H and O–H groups in total. The molecule has 150 valence electrons. The number of nitrogens with one attached hydrogen (secondary N) is 2. The zero-order chi connectivity index (χ0) is 21.1. The maximum Gasteiger partial charge on any atom is 0.262 e. The van der Waals surface area contributed by atoms with E-state index in [9.17, 15) is 9.59 Å². The van der Waals surface area contributed by atoms with E-state index in [1.807, 2.05) is 66.7 Å². The van der Waals surface area contributed by atoms with Crippen LogP contribution in [0.15, 0.2) is 89.7 Å². The van der Waals surface area contributed by atoms with Crippen molar-refractivity contribution < 1.29 is 4.79 Å². The van der Waals surface area contributed by atoms with Gasteiger partial charge in [-0.3, -0.25) is 14.2 Å². The summed E-state index contributed by atoms with van der Waals surface area (Å²) in [5.74, 6) is -0.287. The van der Waals surface area contributed by atoms with Crippen LogP contribution in [0.1, 0.15) is 30.1 Å². The number of carbonyl (C=O) groups excluding carboxylic acids is 1. The number of H-pyrrole nitrogens is 1. The summed E-state index contributed by atoms with van der Waals surface area (Å²) in [6.07, 6.45) is 0. The fourth-order valence-electron chi connectivity index (χ4n) is 3.56. The maximum absolute atomic E-state index is 13.2. The van der Waals surface area contributed by atoms with Crippen molar-refractivity contribution >= 4 is 29.0 Å². The zero-order valence-corrected chi connectivity index (χ0v) is 17.2. The summed E-state index contributed by atoms with van der Waals surface area (Å²) in [4.78, 5) is 29.3. The van der Waals surface area contributed by atoms with Crippen LogP contribution in [0.2, 0.25) is 0 Å². The molecule has 0 bridgehead atoms. The number of fused-ring (bicyclic) bond motifs is 1. The van der Waals surface area contributed by atoms with Gasteiger partial charge in [-0.15, -0.1) is 0 Å². The van der Waals surface area contributed by atoms with E-state index in [1.165, 1.54) is 4.57 Å². The smallest absolute Gasteiger partial charge is 0.262 e. The van der Waals surface area contributed by atoms with Gasteiger partial charge >= 0.3 is 0 Å². The van der Waals surface area contributed by atoms with Crippen LogP contribution in [-0.4, -0.2) is 15.5 Å². The number of carbonyl (C=O) groups is 1. The van der Waals surface area contributed by atoms with Crippen LogP contribution < -0.4 is 10.9 Å². The third-order valence-electron chi connectivity index (χ3n) is 5.16. The molecule has 4 aromatic rings. The average molecular weight is 416 g/mol. The Labute approximate surface area is 179 Å². The Morgan fingerprint density at radius 1 is 0.900 bits per heavy atom. The van der Waals surface area contributed by atoms with Crippen molar-refractivity contribution in [2.45, 2.75) is 19.0 Å². The molecule has 1 atom stereocenters. The second-order valence-corrected chi connectivity index (χ2v) is 7.48. The van der Waals surface area contributed by atoms with Crippen LogP contribution in [0.5, 0.6) is 0 Å². The van der Waals surface area contributed by atoms with Gasteiger partial charge in [0.2, 0.25) is 5.91 Å². The van der Waals surface area contributed by atoms with Crippen molar-refractivity contribution in [2.24, 2.45) is 0 Å². The molecule has 1 heterocycles. The predicted molar refractivity (Wildman–Crippen MR) is 121 cm³/mol. The van der Waals surface area contributed by atoms with Gasteiger partial charge in [0.1, 0.15) is 6.04 Å². The van der Waals surface area contributed by atoms with Crippen molar-refractivity contribution in [3.63, 3.8) is 0 Å². The van der Waals surface area contributed by atoms with E-state index in [0.29, 0.717) is 10.9 Å². The van der Waals surface area contributed by atoms with Crippen LogP contribution in [0.25, 0.3) is 10.9 Å². The first kappa shape index (κ1) is 19.8. The Kier molecular flexibility index (Phi) is 5.59. The Balaban J connectivity index is 1.71. The van der Waals surface area contributed by atoms with Crippen molar-refractivity contribution in [1.29, 1.82) is 0 Å². The van der Waals surface area contributed by atoms with Gasteiger partial charge in [0.25, 0.3) is 5.56 Å². The van der Waals surface area contributed by atoms with Crippen LogP contribution in [0, 0.1) is 4.77 Å². The first-order valence-corrected chi connectivity index (χ1v) is 10.1. The number of benzene rings is 3. The van der Waals surface area contributed by atoms with E-state index in [4.69, 9.17) is 12.2 Å². The summed E-state index contributed by atoms with van der Waals surface area (Å²) >= 11 is 5.39. The average Bonchev–Trinajstić information content (AvgIpc) is 2.78. The summed E-state index contributed by atoms with van der Waals surface area (Å²) in [5.41, 5.74) is 2.29. The summed E-state index contributed by atoms with van der Waals surface area (Å²) < 4.78 is 1.55. The molecule has 1 aromatic heterocycles. The largest absolute Gasteiger partial charge is 0.343 e. The van der Waals surface area contributed by atoms with Crippen molar-refractivity contribution in [2.75, 3.05) is 0 Å². The van der Waals surface area contributed by atoms with E-state index >= 15 is 0 Å². The molecular weight excluding hydrogens is 394 g/mol. The molecule has 0 aliphatic heterocycles. The molecule has 0 spiro atoms. The molecule has 0 aliphatic rings. The van der Waals surface area contributed by atoms with E-state index < -0.39 is 6.04 Å². The van der Waals surface area contributed by atoms with Gasteiger partial charge < -0.3 is 10.3 Å². The first-order valence-electron chi connectivity index (χ1n) is 9.70. The number of aromatic amines is 1. The predicted octanol–water partition coefficient (Wildman–Crippen LogP) is 4.53. The monoisotopic (exact) mass is 415 g/mol. The van der Waals surface area contributed by atoms with E-state index in [2.05, 4.69) is 10.3 Å². The Morgan fingerprint density at radius 3 is 2.03 bits per heavy atom. The SMILES string of the molecule is C[C@H](C(=O)NC(c1ccccc1)c1ccccc1)n1c(=S)[nH]c2ccccc2c1=O. The molecule has 0 radical (unpaired) electrons. The molecule has 4 rings (SSSR count). The Morgan fingerprint density at radius 2 is 1.43 bits per heavy atom. The normalized spacial score (nSPS) is 12.1. The van der Waals surface area contributed by atoms with Crippen molar-refractivity contribution in [1.82, 2.24) is 14.9 Å². The highest BCUT2D eigenvalue weighted by Crippen LogP contribution is 2.23. The molecule has 1 amide bonds.